The summed E-state index contributed by atoms with van der Waals surface area (Å²) in [6.07, 6.45) is 3.29. The molecular weight excluding hydrogens is 408 g/mol. The van der Waals surface area contributed by atoms with Gasteiger partial charge in [-0.3, -0.25) is 4.79 Å². The molecule has 8 heteroatoms. The summed E-state index contributed by atoms with van der Waals surface area (Å²) < 4.78 is 10.3. The average Bonchev–Trinajstić information content (AvgIpc) is 2.79. The van der Waals surface area contributed by atoms with Crippen molar-refractivity contribution < 1.29 is 19.1 Å². The van der Waals surface area contributed by atoms with E-state index in [4.69, 9.17) is 9.47 Å². The number of nitrogens with zero attached hydrogens (tertiary/aromatic N) is 3. The molecule has 8 nitrogen and oxygen atoms in total. The highest BCUT2D eigenvalue weighted by Gasteiger charge is 2.24. The molecule has 0 bridgehead atoms. The van der Waals surface area contributed by atoms with Crippen molar-refractivity contribution in [1.82, 2.24) is 9.97 Å². The smallest absolute Gasteiger partial charge is 0.357 e. The van der Waals surface area contributed by atoms with E-state index in [9.17, 15) is 9.59 Å². The number of nitrogens with one attached hydrogen (secondary N) is 1. The zero-order valence-electron chi connectivity index (χ0n) is 19.3. The van der Waals surface area contributed by atoms with Gasteiger partial charge >= 0.3 is 5.97 Å². The topological polar surface area (TPSA) is 93.7 Å². The van der Waals surface area contributed by atoms with E-state index in [2.05, 4.69) is 20.2 Å². The van der Waals surface area contributed by atoms with Crippen LogP contribution in [0, 0.1) is 19.8 Å². The second kappa shape index (κ2) is 10.9. The second-order valence-corrected chi connectivity index (χ2v) is 8.14. The molecule has 0 spiro atoms. The number of carbonyl (C=O) groups is 2. The van der Waals surface area contributed by atoms with E-state index in [-0.39, 0.29) is 11.6 Å². The molecule has 1 N–H and O–H groups in total. The van der Waals surface area contributed by atoms with Crippen molar-refractivity contribution in [3.63, 3.8) is 0 Å². The molecule has 3 rings (SSSR count). The third-order valence-corrected chi connectivity index (χ3v) is 5.62. The van der Waals surface area contributed by atoms with Gasteiger partial charge in [0.2, 0.25) is 11.9 Å². The average molecular weight is 441 g/mol. The molecule has 1 aliphatic heterocycles. The van der Waals surface area contributed by atoms with Crippen molar-refractivity contribution in [2.24, 2.45) is 5.92 Å². The summed E-state index contributed by atoms with van der Waals surface area (Å²) in [6, 6.07) is 7.26. The number of rotatable bonds is 8. The van der Waals surface area contributed by atoms with Crippen LogP contribution >= 0.6 is 0 Å². The molecule has 2 aromatic rings. The first-order valence-corrected chi connectivity index (χ1v) is 11.1. The molecular formula is C24H32N4O4. The minimum Gasteiger partial charge on any atom is -0.497 e. The van der Waals surface area contributed by atoms with E-state index < -0.39 is 5.97 Å². The number of piperidine rings is 1. The Labute approximate surface area is 189 Å². The van der Waals surface area contributed by atoms with Gasteiger partial charge < -0.3 is 19.7 Å². The molecule has 1 aromatic carbocycles. The Hall–Kier alpha value is -3.16. The van der Waals surface area contributed by atoms with Gasteiger partial charge in [0.15, 0.2) is 5.69 Å². The Morgan fingerprint density at radius 1 is 1.22 bits per heavy atom. The highest BCUT2D eigenvalue weighted by Crippen LogP contribution is 2.25. The van der Waals surface area contributed by atoms with Crippen LogP contribution in [0.2, 0.25) is 0 Å². The number of esters is 1. The summed E-state index contributed by atoms with van der Waals surface area (Å²) in [5.74, 6) is 1.26. The van der Waals surface area contributed by atoms with Gasteiger partial charge in [-0.15, -0.1) is 0 Å². The molecule has 1 atom stereocenters. The van der Waals surface area contributed by atoms with E-state index in [1.165, 1.54) is 0 Å². The molecule has 0 saturated carbocycles. The van der Waals surface area contributed by atoms with E-state index in [0.29, 0.717) is 24.9 Å². The normalized spacial score (nSPS) is 15.9. The predicted molar refractivity (Wildman–Crippen MR) is 123 cm³/mol. The third-order valence-electron chi connectivity index (χ3n) is 5.62. The number of anilines is 2. The fourth-order valence-corrected chi connectivity index (χ4v) is 3.94. The molecule has 0 radical (unpaired) electrons. The van der Waals surface area contributed by atoms with Crippen molar-refractivity contribution in [3.05, 3.63) is 41.2 Å². The van der Waals surface area contributed by atoms with Crippen molar-refractivity contribution in [1.29, 1.82) is 0 Å². The van der Waals surface area contributed by atoms with Gasteiger partial charge in [-0.25, -0.2) is 14.8 Å². The van der Waals surface area contributed by atoms with Gasteiger partial charge in [0, 0.05) is 30.9 Å². The number of aryl methyl sites for hydroxylation is 2. The first-order chi connectivity index (χ1) is 15.4. The van der Waals surface area contributed by atoms with Gasteiger partial charge in [0.05, 0.1) is 13.7 Å². The van der Waals surface area contributed by atoms with Crippen LogP contribution in [0.1, 0.15) is 54.4 Å². The molecule has 172 valence electrons. The van der Waals surface area contributed by atoms with Crippen LogP contribution < -0.4 is 15.0 Å². The number of carbonyl (C=O) groups excluding carboxylic acids is 2. The van der Waals surface area contributed by atoms with Crippen molar-refractivity contribution in [2.75, 3.05) is 37.0 Å². The number of hydrogen-bond donors (Lipinski definition) is 1. The van der Waals surface area contributed by atoms with Crippen LogP contribution in [-0.2, 0) is 9.53 Å². The number of methoxy groups -OCH3 is 1. The Balaban J connectivity index is 1.57. The lowest BCUT2D eigenvalue weighted by atomic mass is 9.93. The summed E-state index contributed by atoms with van der Waals surface area (Å²) >= 11 is 0. The summed E-state index contributed by atoms with van der Waals surface area (Å²) in [6.45, 7) is 7.47. The lowest BCUT2D eigenvalue weighted by Gasteiger charge is -2.33. The van der Waals surface area contributed by atoms with Gasteiger partial charge in [-0.1, -0.05) is 0 Å². The minimum absolute atomic E-state index is 0.00629. The van der Waals surface area contributed by atoms with Gasteiger partial charge in [-0.2, -0.15) is 0 Å². The zero-order chi connectivity index (χ0) is 23.1. The molecule has 1 aliphatic rings. The summed E-state index contributed by atoms with van der Waals surface area (Å²) in [7, 11) is 1.62. The minimum atomic E-state index is -0.432. The molecule has 1 fully saturated rings. The quantitative estimate of drug-likeness (QED) is 0.622. The SMILES string of the molecule is CCOC(=O)c1cc(C)nc(N2CCCC(CCC(=O)Nc3ccc(OC)cc3C)C2)n1. The van der Waals surface area contributed by atoms with Gasteiger partial charge in [0.25, 0.3) is 0 Å². The molecule has 1 unspecified atom stereocenters. The van der Waals surface area contributed by atoms with Gasteiger partial charge in [0.1, 0.15) is 5.75 Å². The van der Waals surface area contributed by atoms with Crippen LogP contribution in [0.3, 0.4) is 0 Å². The summed E-state index contributed by atoms with van der Waals surface area (Å²) in [5, 5.41) is 3.00. The molecule has 0 aliphatic carbocycles. The predicted octanol–water partition coefficient (Wildman–Crippen LogP) is 3.91. The molecule has 2 heterocycles. The second-order valence-electron chi connectivity index (χ2n) is 8.14. The Morgan fingerprint density at radius 3 is 2.75 bits per heavy atom. The highest BCUT2D eigenvalue weighted by atomic mass is 16.5. The maximum Gasteiger partial charge on any atom is 0.357 e. The fourth-order valence-electron chi connectivity index (χ4n) is 3.94. The Morgan fingerprint density at radius 2 is 2.03 bits per heavy atom. The lowest BCUT2D eigenvalue weighted by molar-refractivity contribution is -0.116. The summed E-state index contributed by atoms with van der Waals surface area (Å²) in [5.41, 5.74) is 2.79. The number of hydrogen-bond acceptors (Lipinski definition) is 7. The van der Waals surface area contributed by atoms with Crippen LogP contribution in [0.15, 0.2) is 24.3 Å². The monoisotopic (exact) mass is 440 g/mol. The Bertz CT molecular complexity index is 963. The zero-order valence-corrected chi connectivity index (χ0v) is 19.3. The third kappa shape index (κ3) is 6.18. The number of amides is 1. The van der Waals surface area contributed by atoms with Crippen molar-refractivity contribution in [2.45, 2.75) is 46.5 Å². The number of benzene rings is 1. The van der Waals surface area contributed by atoms with Crippen LogP contribution in [0.4, 0.5) is 11.6 Å². The molecule has 32 heavy (non-hydrogen) atoms. The van der Waals surface area contributed by atoms with Crippen LogP contribution in [0.5, 0.6) is 5.75 Å². The van der Waals surface area contributed by atoms with Gasteiger partial charge in [-0.05, 0) is 75.8 Å². The van der Waals surface area contributed by atoms with Crippen LogP contribution in [-0.4, -0.2) is 48.7 Å². The van der Waals surface area contributed by atoms with E-state index >= 15 is 0 Å². The lowest BCUT2D eigenvalue weighted by Crippen LogP contribution is -2.37. The maximum absolute atomic E-state index is 12.5. The van der Waals surface area contributed by atoms with Crippen molar-refractivity contribution in [3.8, 4) is 5.75 Å². The summed E-state index contributed by atoms with van der Waals surface area (Å²) in [4.78, 5) is 35.7. The Kier molecular flexibility index (Phi) is 8.03. The van der Waals surface area contributed by atoms with E-state index in [0.717, 1.165) is 55.0 Å². The molecule has 1 saturated heterocycles. The first kappa shape index (κ1) is 23.5. The fraction of sp³-hybridized carbons (Fsp3) is 0.500. The van der Waals surface area contributed by atoms with Crippen LogP contribution in [0.25, 0.3) is 0 Å². The standard InChI is InChI=1S/C24H32N4O4/c1-5-32-23(30)21-14-17(3)25-24(27-21)28-12-6-7-18(15-28)8-11-22(29)26-20-10-9-19(31-4)13-16(20)2/h9-10,13-14,18H,5-8,11-12,15H2,1-4H3,(H,26,29). The van der Waals surface area contributed by atoms with E-state index in [1.54, 1.807) is 20.1 Å². The largest absolute Gasteiger partial charge is 0.497 e. The molecule has 1 amide bonds. The number of ether oxygens (including phenoxy) is 2. The van der Waals surface area contributed by atoms with E-state index in [1.807, 2.05) is 32.0 Å². The van der Waals surface area contributed by atoms with Crippen molar-refractivity contribution >= 4 is 23.5 Å². The number of aromatic nitrogens is 2. The molecule has 1 aromatic heterocycles. The maximum atomic E-state index is 12.5. The highest BCUT2D eigenvalue weighted by molar-refractivity contribution is 5.91. The first-order valence-electron chi connectivity index (χ1n) is 11.1.